The van der Waals surface area contributed by atoms with Gasteiger partial charge >= 0.3 is 6.03 Å². The number of anilines is 1. The Morgan fingerprint density at radius 3 is 2.20 bits per heavy atom. The fourth-order valence-electron chi connectivity index (χ4n) is 2.46. The summed E-state index contributed by atoms with van der Waals surface area (Å²) in [5.74, 6) is -0.477. The molecule has 1 saturated heterocycles. The van der Waals surface area contributed by atoms with Gasteiger partial charge in [0.25, 0.3) is 5.91 Å². The molecule has 124 valence electrons. The smallest absolute Gasteiger partial charge is 0.292 e. The number of hydrogen-bond acceptors (Lipinski definition) is 3. The molecule has 0 N–H and O–H groups in total. The number of rotatable bonds is 2. The van der Waals surface area contributed by atoms with Gasteiger partial charge in [-0.2, -0.15) is 5.26 Å². The van der Waals surface area contributed by atoms with Gasteiger partial charge in [0.2, 0.25) is 0 Å². The van der Waals surface area contributed by atoms with Gasteiger partial charge < -0.3 is 0 Å². The van der Waals surface area contributed by atoms with Crippen LogP contribution in [0.3, 0.4) is 0 Å². The standard InChI is InChI=1S/C18H11Cl2N3O2/c1-22-16(6-11-2-4-12(10-21)5-3-11)17(24)23(18(22)25)15-8-13(19)7-14(20)9-15/h2-9H,1H3/b16-6-. The highest BCUT2D eigenvalue weighted by Crippen LogP contribution is 2.31. The minimum Gasteiger partial charge on any atom is -0.292 e. The normalized spacial score (nSPS) is 15.8. The van der Waals surface area contributed by atoms with Crippen LogP contribution in [-0.2, 0) is 4.79 Å². The van der Waals surface area contributed by atoms with Gasteiger partial charge in [-0.05, 0) is 42.0 Å². The lowest BCUT2D eigenvalue weighted by atomic mass is 10.1. The summed E-state index contributed by atoms with van der Waals surface area (Å²) in [5.41, 5.74) is 1.74. The first-order valence-electron chi connectivity index (χ1n) is 7.21. The predicted octanol–water partition coefficient (Wildman–Crippen LogP) is 4.30. The number of carbonyl (C=O) groups excluding carboxylic acids is 2. The van der Waals surface area contributed by atoms with Crippen molar-refractivity contribution in [3.63, 3.8) is 0 Å². The number of likely N-dealkylation sites (N-methyl/N-ethyl adjacent to an activating group) is 1. The van der Waals surface area contributed by atoms with E-state index < -0.39 is 11.9 Å². The van der Waals surface area contributed by atoms with Crippen LogP contribution >= 0.6 is 23.2 Å². The highest BCUT2D eigenvalue weighted by Gasteiger charge is 2.40. The monoisotopic (exact) mass is 371 g/mol. The van der Waals surface area contributed by atoms with Crippen LogP contribution in [0.15, 0.2) is 48.2 Å². The summed E-state index contributed by atoms with van der Waals surface area (Å²) in [6, 6.07) is 12.7. The molecule has 1 fully saturated rings. The van der Waals surface area contributed by atoms with Crippen molar-refractivity contribution in [2.24, 2.45) is 0 Å². The van der Waals surface area contributed by atoms with Gasteiger partial charge in [0, 0.05) is 17.1 Å². The Balaban J connectivity index is 2.00. The van der Waals surface area contributed by atoms with Gasteiger partial charge in [0.15, 0.2) is 0 Å². The average Bonchev–Trinajstić information content (AvgIpc) is 2.78. The van der Waals surface area contributed by atoms with Crippen LogP contribution in [0.4, 0.5) is 10.5 Å². The first kappa shape index (κ1) is 17.0. The molecular weight excluding hydrogens is 361 g/mol. The van der Waals surface area contributed by atoms with E-state index >= 15 is 0 Å². The molecule has 0 radical (unpaired) electrons. The van der Waals surface area contributed by atoms with Gasteiger partial charge in [-0.15, -0.1) is 0 Å². The zero-order valence-corrected chi connectivity index (χ0v) is 14.5. The molecule has 0 saturated carbocycles. The molecule has 2 aromatic rings. The Morgan fingerprint density at radius 1 is 1.04 bits per heavy atom. The second-order valence-corrected chi connectivity index (χ2v) is 6.25. The topological polar surface area (TPSA) is 64.4 Å². The minimum atomic E-state index is -0.497. The third kappa shape index (κ3) is 3.22. The molecule has 1 aliphatic heterocycles. The van der Waals surface area contributed by atoms with Gasteiger partial charge in [-0.3, -0.25) is 9.69 Å². The van der Waals surface area contributed by atoms with E-state index in [4.69, 9.17) is 28.5 Å². The van der Waals surface area contributed by atoms with Crippen LogP contribution in [-0.4, -0.2) is 23.9 Å². The molecule has 3 rings (SSSR count). The fourth-order valence-corrected chi connectivity index (χ4v) is 2.98. The zero-order valence-electron chi connectivity index (χ0n) is 13.0. The lowest BCUT2D eigenvalue weighted by Gasteiger charge is -2.14. The van der Waals surface area contributed by atoms with Crippen molar-refractivity contribution in [3.8, 4) is 6.07 Å². The molecule has 3 amide bonds. The third-order valence-electron chi connectivity index (χ3n) is 3.71. The number of carbonyl (C=O) groups is 2. The number of halogens is 2. The summed E-state index contributed by atoms with van der Waals surface area (Å²) in [5, 5.41) is 9.49. The predicted molar refractivity (Wildman–Crippen MR) is 96.2 cm³/mol. The van der Waals surface area contributed by atoms with Crippen LogP contribution in [0.2, 0.25) is 10.0 Å². The number of benzene rings is 2. The summed E-state index contributed by atoms with van der Waals surface area (Å²) in [6.45, 7) is 0. The second kappa shape index (κ2) is 6.60. The highest BCUT2D eigenvalue weighted by atomic mass is 35.5. The number of hydrogen-bond donors (Lipinski definition) is 0. The van der Waals surface area contributed by atoms with E-state index in [0.29, 0.717) is 26.9 Å². The first-order valence-corrected chi connectivity index (χ1v) is 7.96. The van der Waals surface area contributed by atoms with E-state index in [-0.39, 0.29) is 5.70 Å². The summed E-state index contributed by atoms with van der Waals surface area (Å²) >= 11 is 11.9. The highest BCUT2D eigenvalue weighted by molar-refractivity contribution is 6.36. The van der Waals surface area contributed by atoms with Crippen LogP contribution in [0.1, 0.15) is 11.1 Å². The first-order chi connectivity index (χ1) is 11.9. The van der Waals surface area contributed by atoms with E-state index in [9.17, 15) is 9.59 Å². The van der Waals surface area contributed by atoms with Crippen LogP contribution < -0.4 is 4.90 Å². The van der Waals surface area contributed by atoms with Crippen LogP contribution in [0.5, 0.6) is 0 Å². The molecule has 7 heteroatoms. The molecule has 0 bridgehead atoms. The van der Waals surface area contributed by atoms with Gasteiger partial charge in [-0.1, -0.05) is 35.3 Å². The molecule has 25 heavy (non-hydrogen) atoms. The molecule has 1 aliphatic rings. The maximum absolute atomic E-state index is 12.7. The molecular formula is C18H11Cl2N3O2. The molecule has 1 heterocycles. The molecule has 0 atom stereocenters. The maximum Gasteiger partial charge on any atom is 0.336 e. The molecule has 2 aromatic carbocycles. The summed E-state index contributed by atoms with van der Waals surface area (Å²) in [6.07, 6.45) is 1.59. The number of nitriles is 1. The van der Waals surface area contributed by atoms with Crippen molar-refractivity contribution in [1.82, 2.24) is 4.90 Å². The van der Waals surface area contributed by atoms with Crippen molar-refractivity contribution in [1.29, 1.82) is 5.26 Å². The fraction of sp³-hybridized carbons (Fsp3) is 0.0556. The minimum absolute atomic E-state index is 0.214. The van der Waals surface area contributed by atoms with Gasteiger partial charge in [-0.25, -0.2) is 9.69 Å². The van der Waals surface area contributed by atoms with Gasteiger partial charge in [0.05, 0.1) is 17.3 Å². The third-order valence-corrected chi connectivity index (χ3v) is 4.15. The SMILES string of the molecule is CN1C(=O)N(c2cc(Cl)cc(Cl)c2)C(=O)/C1=C/c1ccc(C#N)cc1. The van der Waals surface area contributed by atoms with E-state index in [1.807, 2.05) is 6.07 Å². The Kier molecular flexibility index (Phi) is 4.49. The molecule has 5 nitrogen and oxygen atoms in total. The van der Waals surface area contributed by atoms with Crippen molar-refractivity contribution < 1.29 is 9.59 Å². The van der Waals surface area contributed by atoms with Crippen molar-refractivity contribution in [3.05, 3.63) is 69.3 Å². The van der Waals surface area contributed by atoms with Gasteiger partial charge in [0.1, 0.15) is 5.70 Å². The van der Waals surface area contributed by atoms with Crippen LogP contribution in [0, 0.1) is 11.3 Å². The summed E-state index contributed by atoms with van der Waals surface area (Å²) < 4.78 is 0. The Labute approximate surface area is 154 Å². The van der Waals surface area contributed by atoms with E-state index in [2.05, 4.69) is 0 Å². The summed E-state index contributed by atoms with van der Waals surface area (Å²) in [7, 11) is 1.52. The zero-order chi connectivity index (χ0) is 18.1. The maximum atomic E-state index is 12.7. The molecule has 0 unspecified atom stereocenters. The number of imide groups is 1. The lowest BCUT2D eigenvalue weighted by Crippen LogP contribution is -2.31. The molecule has 0 aromatic heterocycles. The van der Waals surface area contributed by atoms with Crippen molar-refractivity contribution in [2.75, 3.05) is 11.9 Å². The van der Waals surface area contributed by atoms with Crippen LogP contribution in [0.25, 0.3) is 6.08 Å². The van der Waals surface area contributed by atoms with E-state index in [0.717, 1.165) is 4.90 Å². The number of amides is 3. The summed E-state index contributed by atoms with van der Waals surface area (Å²) in [4.78, 5) is 27.5. The van der Waals surface area contributed by atoms with E-state index in [1.165, 1.54) is 30.1 Å². The Hall–Kier alpha value is -2.81. The largest absolute Gasteiger partial charge is 0.336 e. The molecule has 0 aliphatic carbocycles. The second-order valence-electron chi connectivity index (χ2n) is 5.37. The lowest BCUT2D eigenvalue weighted by molar-refractivity contribution is -0.114. The Bertz CT molecular complexity index is 926. The van der Waals surface area contributed by atoms with Crippen molar-refractivity contribution in [2.45, 2.75) is 0 Å². The number of urea groups is 1. The Morgan fingerprint density at radius 2 is 1.64 bits per heavy atom. The number of nitrogens with zero attached hydrogens (tertiary/aromatic N) is 3. The molecule has 0 spiro atoms. The quantitative estimate of drug-likeness (QED) is 0.583. The average molecular weight is 372 g/mol. The van der Waals surface area contributed by atoms with Crippen molar-refractivity contribution >= 4 is 46.9 Å². The van der Waals surface area contributed by atoms with E-state index in [1.54, 1.807) is 30.3 Å².